The van der Waals surface area contributed by atoms with E-state index in [1.54, 1.807) is 11.1 Å². The lowest BCUT2D eigenvalue weighted by atomic mass is 9.91. The summed E-state index contributed by atoms with van der Waals surface area (Å²) in [5, 5.41) is 2.05. The van der Waals surface area contributed by atoms with Crippen molar-refractivity contribution in [3.8, 4) is 0 Å². The molecule has 4 nitrogen and oxygen atoms in total. The molecular formula is C24H28F4N4S. The predicted molar refractivity (Wildman–Crippen MR) is 122 cm³/mol. The lowest BCUT2D eigenvalue weighted by Crippen LogP contribution is -2.47. The van der Waals surface area contributed by atoms with Crippen molar-refractivity contribution >= 4 is 22.2 Å². The molecule has 0 radical (unpaired) electrons. The van der Waals surface area contributed by atoms with Crippen molar-refractivity contribution in [2.45, 2.75) is 44.4 Å². The fourth-order valence-electron chi connectivity index (χ4n) is 5.33. The molecule has 2 aliphatic heterocycles. The molecular weight excluding hydrogens is 452 g/mol. The summed E-state index contributed by atoms with van der Waals surface area (Å²) >= 11 is 1.52. The number of rotatable bonds is 7. The van der Waals surface area contributed by atoms with Gasteiger partial charge >= 0.3 is 6.18 Å². The summed E-state index contributed by atoms with van der Waals surface area (Å²) < 4.78 is 53.0. The molecule has 1 aromatic carbocycles. The Kier molecular flexibility index (Phi) is 6.22. The molecule has 5 rings (SSSR count). The van der Waals surface area contributed by atoms with Crippen LogP contribution in [-0.2, 0) is 12.8 Å². The highest BCUT2D eigenvalue weighted by Crippen LogP contribution is 2.43. The Hall–Kier alpha value is -1.97. The summed E-state index contributed by atoms with van der Waals surface area (Å²) in [5.74, 6) is 0.476. The number of likely N-dealkylation sites (tertiary alicyclic amines) is 1. The lowest BCUT2D eigenvalue weighted by Gasteiger charge is -2.40. The third kappa shape index (κ3) is 4.68. The van der Waals surface area contributed by atoms with E-state index in [0.717, 1.165) is 58.1 Å². The van der Waals surface area contributed by atoms with Crippen LogP contribution in [0.5, 0.6) is 0 Å². The number of hydrogen-bond acceptors (Lipinski definition) is 4. The van der Waals surface area contributed by atoms with E-state index in [9.17, 15) is 17.6 Å². The number of benzene rings is 1. The van der Waals surface area contributed by atoms with Crippen LogP contribution in [0.1, 0.15) is 40.5 Å². The van der Waals surface area contributed by atoms with Gasteiger partial charge in [-0.2, -0.15) is 13.2 Å². The molecule has 4 heterocycles. The van der Waals surface area contributed by atoms with Gasteiger partial charge in [-0.15, -0.1) is 11.3 Å². The Balaban J connectivity index is 1.42. The first-order valence-corrected chi connectivity index (χ1v) is 12.3. The Morgan fingerprint density at radius 1 is 1.21 bits per heavy atom. The molecule has 1 N–H and O–H groups in total. The number of nitrogens with zero attached hydrogens (tertiary/aromatic N) is 3. The summed E-state index contributed by atoms with van der Waals surface area (Å²) in [4.78, 5) is 12.7. The molecule has 9 heteroatoms. The predicted octanol–water partition coefficient (Wildman–Crippen LogP) is 5.36. The van der Waals surface area contributed by atoms with E-state index >= 15 is 0 Å². The second-order valence-electron chi connectivity index (χ2n) is 9.33. The monoisotopic (exact) mass is 480 g/mol. The fourth-order valence-corrected chi connectivity index (χ4v) is 6.50. The zero-order chi connectivity index (χ0) is 23.2. The number of aromatic nitrogens is 2. The first kappa shape index (κ1) is 22.8. The van der Waals surface area contributed by atoms with Crippen molar-refractivity contribution < 1.29 is 17.6 Å². The molecule has 0 bridgehead atoms. The van der Waals surface area contributed by atoms with E-state index in [1.807, 2.05) is 31.2 Å². The van der Waals surface area contributed by atoms with Gasteiger partial charge in [0.2, 0.25) is 0 Å². The molecule has 0 aliphatic carbocycles. The first-order valence-electron chi connectivity index (χ1n) is 11.5. The quantitative estimate of drug-likeness (QED) is 0.463. The molecule has 1 fully saturated rings. The standard InChI is InChI=1S/C24H28F4N4S/c1-15-9-18-17-5-2-3-6-19(17)30-22(18)23(32(15)14-24(26,27)28)20-11-29-21(33-20)10-16-12-31(13-16)8-4-7-25/h2-3,5-6,11,15-16,23,30H,4,7-10,12-14H2,1H3/t15-,23-/m1/s1. The van der Waals surface area contributed by atoms with Crippen LogP contribution in [0.4, 0.5) is 17.6 Å². The van der Waals surface area contributed by atoms with Gasteiger partial charge in [0.25, 0.3) is 0 Å². The summed E-state index contributed by atoms with van der Waals surface area (Å²) in [7, 11) is 0. The second-order valence-corrected chi connectivity index (χ2v) is 10.5. The number of alkyl halides is 4. The number of para-hydroxylation sites is 1. The van der Waals surface area contributed by atoms with Crippen molar-refractivity contribution in [2.24, 2.45) is 5.92 Å². The maximum absolute atomic E-state index is 13.5. The molecule has 0 amide bonds. The SMILES string of the molecule is C[C@@H]1Cc2c([nH]c3ccccc23)[C@@H](c2cnc(CC3CN(CCCF)C3)s2)N1CC(F)(F)F. The second kappa shape index (κ2) is 9.00. The summed E-state index contributed by atoms with van der Waals surface area (Å²) in [5.41, 5.74) is 2.93. The summed E-state index contributed by atoms with van der Waals surface area (Å²) in [6, 6.07) is 7.19. The Morgan fingerprint density at radius 3 is 2.76 bits per heavy atom. The van der Waals surface area contributed by atoms with Crippen molar-refractivity contribution in [1.82, 2.24) is 19.8 Å². The van der Waals surface area contributed by atoms with Gasteiger partial charge in [-0.25, -0.2) is 4.98 Å². The average Bonchev–Trinajstić information content (AvgIpc) is 3.34. The number of halogens is 4. The van der Waals surface area contributed by atoms with Gasteiger partial charge in [-0.3, -0.25) is 9.29 Å². The van der Waals surface area contributed by atoms with Crippen molar-refractivity contribution in [2.75, 3.05) is 32.9 Å². The molecule has 3 aromatic rings. The summed E-state index contributed by atoms with van der Waals surface area (Å²) in [6.07, 6.45) is -0.554. The van der Waals surface area contributed by atoms with E-state index < -0.39 is 18.8 Å². The van der Waals surface area contributed by atoms with Crippen LogP contribution in [0.3, 0.4) is 0 Å². The van der Waals surface area contributed by atoms with E-state index in [1.165, 1.54) is 11.3 Å². The third-order valence-electron chi connectivity index (χ3n) is 6.82. The van der Waals surface area contributed by atoms with Gasteiger partial charge in [0.1, 0.15) is 0 Å². The largest absolute Gasteiger partial charge is 0.401 e. The maximum Gasteiger partial charge on any atom is 0.401 e. The van der Waals surface area contributed by atoms with Gasteiger partial charge in [0.05, 0.1) is 24.3 Å². The highest BCUT2D eigenvalue weighted by molar-refractivity contribution is 7.11. The van der Waals surface area contributed by atoms with Crippen LogP contribution in [0, 0.1) is 5.92 Å². The number of fused-ring (bicyclic) bond motifs is 3. The van der Waals surface area contributed by atoms with E-state index in [4.69, 9.17) is 0 Å². The van der Waals surface area contributed by atoms with E-state index in [2.05, 4.69) is 14.9 Å². The molecule has 1 saturated heterocycles. The minimum absolute atomic E-state index is 0.246. The average molecular weight is 481 g/mol. The molecule has 0 spiro atoms. The fraction of sp³-hybridized carbons (Fsp3) is 0.542. The van der Waals surface area contributed by atoms with Crippen molar-refractivity contribution in [1.29, 1.82) is 0 Å². The van der Waals surface area contributed by atoms with E-state index in [0.29, 0.717) is 18.8 Å². The zero-order valence-corrected chi connectivity index (χ0v) is 19.4. The molecule has 0 saturated carbocycles. The molecule has 2 aliphatic rings. The van der Waals surface area contributed by atoms with Gasteiger partial charge in [-0.05, 0) is 37.3 Å². The van der Waals surface area contributed by atoms with Crippen molar-refractivity contribution in [3.63, 3.8) is 0 Å². The highest BCUT2D eigenvalue weighted by Gasteiger charge is 2.42. The van der Waals surface area contributed by atoms with Crippen LogP contribution >= 0.6 is 11.3 Å². The number of thiazole rings is 1. The topological polar surface area (TPSA) is 35.2 Å². The minimum atomic E-state index is -4.28. The number of H-pyrrole nitrogens is 1. The minimum Gasteiger partial charge on any atom is -0.357 e. The smallest absolute Gasteiger partial charge is 0.357 e. The van der Waals surface area contributed by atoms with Gasteiger partial charge < -0.3 is 9.88 Å². The molecule has 0 unspecified atom stereocenters. The summed E-state index contributed by atoms with van der Waals surface area (Å²) in [6.45, 7) is 3.29. The molecule has 178 valence electrons. The van der Waals surface area contributed by atoms with Gasteiger partial charge in [-0.1, -0.05) is 18.2 Å². The maximum atomic E-state index is 13.5. The Morgan fingerprint density at radius 2 is 2.00 bits per heavy atom. The number of hydrogen-bond donors (Lipinski definition) is 1. The van der Waals surface area contributed by atoms with Crippen LogP contribution < -0.4 is 0 Å². The molecule has 33 heavy (non-hydrogen) atoms. The van der Waals surface area contributed by atoms with Gasteiger partial charge in [0, 0.05) is 59.8 Å². The van der Waals surface area contributed by atoms with Crippen LogP contribution in [0.15, 0.2) is 30.5 Å². The Bertz CT molecular complexity index is 1100. The van der Waals surface area contributed by atoms with Crippen LogP contribution in [0.2, 0.25) is 0 Å². The van der Waals surface area contributed by atoms with Crippen LogP contribution in [-0.4, -0.2) is 64.8 Å². The molecule has 2 aromatic heterocycles. The normalized spacial score (nSPS) is 22.6. The zero-order valence-electron chi connectivity index (χ0n) is 18.5. The van der Waals surface area contributed by atoms with Crippen LogP contribution in [0.25, 0.3) is 10.9 Å². The van der Waals surface area contributed by atoms with Crippen molar-refractivity contribution in [3.05, 3.63) is 51.6 Å². The van der Waals surface area contributed by atoms with E-state index in [-0.39, 0.29) is 12.7 Å². The third-order valence-corrected chi connectivity index (χ3v) is 7.90. The number of nitrogens with one attached hydrogen (secondary N) is 1. The van der Waals surface area contributed by atoms with Gasteiger partial charge in [0.15, 0.2) is 0 Å². The first-order chi connectivity index (χ1) is 15.8. The lowest BCUT2D eigenvalue weighted by molar-refractivity contribution is -0.155. The highest BCUT2D eigenvalue weighted by atomic mass is 32.1. The number of aromatic amines is 1. The Labute approximate surface area is 194 Å². The molecule has 2 atom stereocenters.